The van der Waals surface area contributed by atoms with E-state index in [-0.39, 0.29) is 18.9 Å². The van der Waals surface area contributed by atoms with Crippen LogP contribution in [-0.2, 0) is 20.7 Å². The van der Waals surface area contributed by atoms with E-state index < -0.39 is 5.97 Å². The van der Waals surface area contributed by atoms with Gasteiger partial charge in [-0.1, -0.05) is 54.0 Å². The Balaban J connectivity index is 1.77. The minimum Gasteiger partial charge on any atom is -0.455 e. The molecule has 0 fully saturated rings. The third-order valence-corrected chi connectivity index (χ3v) is 4.02. The van der Waals surface area contributed by atoms with Crippen molar-refractivity contribution in [2.75, 3.05) is 11.9 Å². The summed E-state index contributed by atoms with van der Waals surface area (Å²) in [5, 5.41) is 2.71. The normalized spacial score (nSPS) is 10.5. The second-order valence-corrected chi connectivity index (χ2v) is 6.70. The molecule has 0 heterocycles. The lowest BCUT2D eigenvalue weighted by Gasteiger charge is -2.09. The molecule has 0 radical (unpaired) electrons. The molecule has 1 N–H and O–H groups in total. The molecular weight excluding hydrogens is 370 g/mol. The number of carbonyl (C=O) groups is 2. The van der Waals surface area contributed by atoms with Gasteiger partial charge in [-0.25, -0.2) is 0 Å². The van der Waals surface area contributed by atoms with Crippen LogP contribution in [-0.4, -0.2) is 18.5 Å². The minimum absolute atomic E-state index is 0.143. The van der Waals surface area contributed by atoms with Crippen molar-refractivity contribution in [1.82, 2.24) is 0 Å². The summed E-state index contributed by atoms with van der Waals surface area (Å²) in [5.41, 5.74) is 2.73. The van der Waals surface area contributed by atoms with Gasteiger partial charge < -0.3 is 10.1 Å². The van der Waals surface area contributed by atoms with Crippen LogP contribution in [0.3, 0.4) is 0 Å². The Morgan fingerprint density at radius 1 is 1.04 bits per heavy atom. The van der Waals surface area contributed by atoms with Gasteiger partial charge in [-0.2, -0.15) is 0 Å². The quantitative estimate of drug-likeness (QED) is 0.749. The van der Waals surface area contributed by atoms with E-state index in [1.807, 2.05) is 48.5 Å². The number of hydrogen-bond donors (Lipinski definition) is 1. The molecule has 5 heteroatoms. The molecule has 0 atom stereocenters. The van der Waals surface area contributed by atoms with Gasteiger partial charge in [-0.15, -0.1) is 0 Å². The third kappa shape index (κ3) is 5.81. The van der Waals surface area contributed by atoms with Gasteiger partial charge in [0.15, 0.2) is 6.61 Å². The number of rotatable bonds is 6. The van der Waals surface area contributed by atoms with E-state index in [9.17, 15) is 9.59 Å². The molecule has 0 aliphatic heterocycles. The maximum Gasteiger partial charge on any atom is 0.310 e. The van der Waals surface area contributed by atoms with Gasteiger partial charge in [-0.3, -0.25) is 9.59 Å². The summed E-state index contributed by atoms with van der Waals surface area (Å²) in [6.07, 6.45) is 0.143. The van der Waals surface area contributed by atoms with Crippen molar-refractivity contribution in [3.63, 3.8) is 0 Å². The van der Waals surface area contributed by atoms with Crippen molar-refractivity contribution in [3.8, 4) is 0 Å². The predicted octanol–water partition coefficient (Wildman–Crippen LogP) is 4.30. The summed E-state index contributed by atoms with van der Waals surface area (Å²) in [6.45, 7) is 3.93. The Kier molecular flexibility index (Phi) is 6.55. The summed E-state index contributed by atoms with van der Waals surface area (Å²) in [6, 6.07) is 15.0. The zero-order valence-corrected chi connectivity index (χ0v) is 15.3. The minimum atomic E-state index is -0.428. The molecule has 0 saturated heterocycles. The lowest BCUT2D eigenvalue weighted by atomic mass is 10.0. The van der Waals surface area contributed by atoms with Crippen molar-refractivity contribution in [1.29, 1.82) is 0 Å². The standard InChI is InChI=1S/C19H20BrNO3/c1-13(2)15-5-9-17(10-6-15)21-18(22)12-24-19(23)11-14-3-7-16(20)8-4-14/h3-10,13H,11-12H2,1-2H3,(H,21,22). The molecule has 2 rings (SSSR count). The van der Waals surface area contributed by atoms with E-state index in [0.717, 1.165) is 10.0 Å². The van der Waals surface area contributed by atoms with Crippen molar-refractivity contribution in [2.24, 2.45) is 0 Å². The van der Waals surface area contributed by atoms with Crippen molar-refractivity contribution >= 4 is 33.5 Å². The van der Waals surface area contributed by atoms with Gasteiger partial charge >= 0.3 is 5.97 Å². The lowest BCUT2D eigenvalue weighted by Crippen LogP contribution is -2.21. The molecule has 0 aliphatic carbocycles. The van der Waals surface area contributed by atoms with E-state index in [2.05, 4.69) is 35.1 Å². The van der Waals surface area contributed by atoms with Crippen LogP contribution in [0.4, 0.5) is 5.69 Å². The lowest BCUT2D eigenvalue weighted by molar-refractivity contribution is -0.146. The molecular formula is C19H20BrNO3. The molecule has 0 saturated carbocycles. The highest BCUT2D eigenvalue weighted by atomic mass is 79.9. The molecule has 2 aromatic carbocycles. The first-order valence-corrected chi connectivity index (χ1v) is 8.53. The third-order valence-electron chi connectivity index (χ3n) is 3.49. The van der Waals surface area contributed by atoms with Crippen LogP contribution in [0.5, 0.6) is 0 Å². The first kappa shape index (κ1) is 18.2. The second-order valence-electron chi connectivity index (χ2n) is 5.79. The Morgan fingerprint density at radius 3 is 2.25 bits per heavy atom. The summed E-state index contributed by atoms with van der Waals surface area (Å²) in [5.74, 6) is -0.339. The van der Waals surface area contributed by atoms with Crippen molar-refractivity contribution < 1.29 is 14.3 Å². The smallest absolute Gasteiger partial charge is 0.310 e. The fraction of sp³-hybridized carbons (Fsp3) is 0.263. The largest absolute Gasteiger partial charge is 0.455 e. The highest BCUT2D eigenvalue weighted by Gasteiger charge is 2.09. The van der Waals surface area contributed by atoms with E-state index in [1.54, 1.807) is 0 Å². The number of esters is 1. The molecule has 1 amide bonds. The van der Waals surface area contributed by atoms with Crippen LogP contribution in [0.2, 0.25) is 0 Å². The Hall–Kier alpha value is -2.14. The van der Waals surface area contributed by atoms with E-state index in [4.69, 9.17) is 4.74 Å². The first-order chi connectivity index (χ1) is 11.4. The average Bonchev–Trinajstić information content (AvgIpc) is 2.55. The van der Waals surface area contributed by atoms with Crippen molar-refractivity contribution in [2.45, 2.75) is 26.2 Å². The van der Waals surface area contributed by atoms with Crippen LogP contribution >= 0.6 is 15.9 Å². The maximum absolute atomic E-state index is 11.8. The number of amides is 1. The Labute approximate surface area is 150 Å². The number of anilines is 1. The number of benzene rings is 2. The fourth-order valence-corrected chi connectivity index (χ4v) is 2.38. The average molecular weight is 390 g/mol. The first-order valence-electron chi connectivity index (χ1n) is 7.74. The van der Waals surface area contributed by atoms with Crippen molar-refractivity contribution in [3.05, 3.63) is 64.1 Å². The van der Waals surface area contributed by atoms with Crippen LogP contribution in [0.15, 0.2) is 53.0 Å². The second kappa shape index (κ2) is 8.64. The molecule has 0 unspecified atom stereocenters. The highest BCUT2D eigenvalue weighted by Crippen LogP contribution is 2.17. The fourth-order valence-electron chi connectivity index (χ4n) is 2.11. The number of halogens is 1. The van der Waals surface area contributed by atoms with Crippen LogP contribution < -0.4 is 5.32 Å². The molecule has 4 nitrogen and oxygen atoms in total. The molecule has 0 spiro atoms. The summed E-state index contributed by atoms with van der Waals surface area (Å²) in [7, 11) is 0. The van der Waals surface area contributed by atoms with Gasteiger partial charge in [0.1, 0.15) is 0 Å². The highest BCUT2D eigenvalue weighted by molar-refractivity contribution is 9.10. The van der Waals surface area contributed by atoms with Gasteiger partial charge in [0.2, 0.25) is 0 Å². The maximum atomic E-state index is 11.8. The summed E-state index contributed by atoms with van der Waals surface area (Å²) < 4.78 is 5.96. The monoisotopic (exact) mass is 389 g/mol. The molecule has 126 valence electrons. The molecule has 0 aliphatic rings. The zero-order chi connectivity index (χ0) is 17.5. The number of hydrogen-bond acceptors (Lipinski definition) is 3. The topological polar surface area (TPSA) is 55.4 Å². The van der Waals surface area contributed by atoms with Gasteiger partial charge in [0, 0.05) is 10.2 Å². The van der Waals surface area contributed by atoms with Crippen LogP contribution in [0.1, 0.15) is 30.9 Å². The zero-order valence-electron chi connectivity index (χ0n) is 13.7. The van der Waals surface area contributed by atoms with Gasteiger partial charge in [-0.05, 0) is 41.3 Å². The van der Waals surface area contributed by atoms with Crippen LogP contribution in [0.25, 0.3) is 0 Å². The Bertz CT molecular complexity index is 694. The van der Waals surface area contributed by atoms with E-state index in [0.29, 0.717) is 11.6 Å². The Morgan fingerprint density at radius 2 is 1.67 bits per heavy atom. The van der Waals surface area contributed by atoms with Gasteiger partial charge in [0.25, 0.3) is 5.91 Å². The summed E-state index contributed by atoms with van der Waals surface area (Å²) >= 11 is 3.34. The molecule has 2 aromatic rings. The van der Waals surface area contributed by atoms with E-state index >= 15 is 0 Å². The molecule has 24 heavy (non-hydrogen) atoms. The van der Waals surface area contributed by atoms with Gasteiger partial charge in [0.05, 0.1) is 6.42 Å². The molecule has 0 aromatic heterocycles. The summed E-state index contributed by atoms with van der Waals surface area (Å²) in [4.78, 5) is 23.6. The molecule has 0 bridgehead atoms. The number of ether oxygens (including phenoxy) is 1. The van der Waals surface area contributed by atoms with E-state index in [1.165, 1.54) is 5.56 Å². The number of carbonyl (C=O) groups excluding carboxylic acids is 2. The SMILES string of the molecule is CC(C)c1ccc(NC(=O)COC(=O)Cc2ccc(Br)cc2)cc1. The predicted molar refractivity (Wildman–Crippen MR) is 98.0 cm³/mol. The number of nitrogens with one attached hydrogen (secondary N) is 1. The van der Waals surface area contributed by atoms with Crippen LogP contribution in [0, 0.1) is 0 Å².